The van der Waals surface area contributed by atoms with E-state index in [1.807, 2.05) is 64.1 Å². The molecule has 0 atom stereocenters. The molecule has 0 spiro atoms. The van der Waals surface area contributed by atoms with Crippen LogP contribution in [0, 0.1) is 13.8 Å². The summed E-state index contributed by atoms with van der Waals surface area (Å²) in [6, 6.07) is 13.2. The molecule has 0 bridgehead atoms. The van der Waals surface area contributed by atoms with Crippen LogP contribution in [-0.4, -0.2) is 40.2 Å². The zero-order valence-corrected chi connectivity index (χ0v) is 17.9. The molecule has 3 rings (SSSR count). The summed E-state index contributed by atoms with van der Waals surface area (Å²) in [7, 11) is 0. The highest BCUT2D eigenvalue weighted by molar-refractivity contribution is 6.44. The van der Waals surface area contributed by atoms with Crippen LogP contribution in [0.15, 0.2) is 48.7 Å². The maximum absolute atomic E-state index is 12.9. The molecule has 2 aromatic carbocycles. The molecular formula is C24H27N3O3. The highest BCUT2D eigenvalue weighted by atomic mass is 16.2. The maximum Gasteiger partial charge on any atom is 0.295 e. The number of amides is 2. The lowest BCUT2D eigenvalue weighted by atomic mass is 10.1. The van der Waals surface area contributed by atoms with Crippen molar-refractivity contribution in [1.82, 2.24) is 9.47 Å². The molecule has 6 heteroatoms. The van der Waals surface area contributed by atoms with Crippen LogP contribution in [0.4, 0.5) is 5.69 Å². The van der Waals surface area contributed by atoms with Gasteiger partial charge in [-0.05, 0) is 44.9 Å². The van der Waals surface area contributed by atoms with Gasteiger partial charge in [0.2, 0.25) is 5.91 Å². The first kappa shape index (κ1) is 21.3. The SMILES string of the molecule is CCN(CC)C(=O)C(=O)c1cn(CC(=O)Nc2c(C)cccc2C)c2ccccc12. The number of nitrogens with one attached hydrogen (secondary N) is 1. The number of fused-ring (bicyclic) bond motifs is 1. The van der Waals surface area contributed by atoms with Crippen molar-refractivity contribution in [2.45, 2.75) is 34.2 Å². The van der Waals surface area contributed by atoms with Crippen molar-refractivity contribution >= 4 is 34.2 Å². The number of likely N-dealkylation sites (N-methyl/N-ethyl adjacent to an activating group) is 1. The molecule has 2 amide bonds. The van der Waals surface area contributed by atoms with E-state index in [0.717, 1.165) is 22.3 Å². The van der Waals surface area contributed by atoms with Gasteiger partial charge in [0, 0.05) is 35.9 Å². The Labute approximate surface area is 176 Å². The standard InChI is InChI=1S/C24H27N3O3/c1-5-26(6-2)24(30)23(29)19-14-27(20-13-8-7-12-18(19)20)15-21(28)25-22-16(3)10-9-11-17(22)4/h7-14H,5-6,15H2,1-4H3,(H,25,28). The highest BCUT2D eigenvalue weighted by Gasteiger charge is 2.25. The van der Waals surface area contributed by atoms with Crippen LogP contribution in [0.2, 0.25) is 0 Å². The molecule has 1 aromatic heterocycles. The number of carbonyl (C=O) groups excluding carboxylic acids is 3. The van der Waals surface area contributed by atoms with Gasteiger partial charge in [0.25, 0.3) is 11.7 Å². The van der Waals surface area contributed by atoms with Crippen LogP contribution in [0.3, 0.4) is 0 Å². The minimum Gasteiger partial charge on any atom is -0.337 e. The van der Waals surface area contributed by atoms with E-state index in [9.17, 15) is 14.4 Å². The number of para-hydroxylation sites is 2. The lowest BCUT2D eigenvalue weighted by molar-refractivity contribution is -0.126. The van der Waals surface area contributed by atoms with E-state index in [2.05, 4.69) is 5.32 Å². The predicted molar refractivity (Wildman–Crippen MR) is 119 cm³/mol. The van der Waals surface area contributed by atoms with Crippen molar-refractivity contribution in [3.05, 3.63) is 65.4 Å². The van der Waals surface area contributed by atoms with Gasteiger partial charge in [-0.1, -0.05) is 36.4 Å². The van der Waals surface area contributed by atoms with E-state index < -0.39 is 11.7 Å². The minimum absolute atomic E-state index is 0.0427. The van der Waals surface area contributed by atoms with E-state index in [0.29, 0.717) is 24.0 Å². The van der Waals surface area contributed by atoms with Crippen LogP contribution in [0.5, 0.6) is 0 Å². The summed E-state index contributed by atoms with van der Waals surface area (Å²) in [6.07, 6.45) is 1.61. The van der Waals surface area contributed by atoms with E-state index in [1.165, 1.54) is 4.90 Å². The second kappa shape index (κ2) is 8.95. The van der Waals surface area contributed by atoms with Crippen molar-refractivity contribution in [2.75, 3.05) is 18.4 Å². The number of ketones is 1. The van der Waals surface area contributed by atoms with Gasteiger partial charge in [-0.2, -0.15) is 0 Å². The van der Waals surface area contributed by atoms with Gasteiger partial charge in [-0.15, -0.1) is 0 Å². The Balaban J connectivity index is 1.91. The van der Waals surface area contributed by atoms with Gasteiger partial charge in [0.15, 0.2) is 0 Å². The van der Waals surface area contributed by atoms with Crippen molar-refractivity contribution in [2.24, 2.45) is 0 Å². The number of anilines is 1. The summed E-state index contributed by atoms with van der Waals surface area (Å²) < 4.78 is 1.72. The number of hydrogen-bond acceptors (Lipinski definition) is 3. The first-order valence-corrected chi connectivity index (χ1v) is 10.1. The number of benzene rings is 2. The summed E-state index contributed by atoms with van der Waals surface area (Å²) in [5.41, 5.74) is 3.84. The van der Waals surface area contributed by atoms with Gasteiger partial charge < -0.3 is 14.8 Å². The second-order valence-corrected chi connectivity index (χ2v) is 7.31. The number of Topliss-reactive ketones (excluding diaryl/α,β-unsaturated/α-hetero) is 1. The van der Waals surface area contributed by atoms with E-state index in [1.54, 1.807) is 16.8 Å². The smallest absolute Gasteiger partial charge is 0.295 e. The third-order valence-electron chi connectivity index (χ3n) is 5.34. The van der Waals surface area contributed by atoms with Crippen molar-refractivity contribution in [3.8, 4) is 0 Å². The second-order valence-electron chi connectivity index (χ2n) is 7.31. The monoisotopic (exact) mass is 405 g/mol. The number of rotatable bonds is 7. The molecule has 6 nitrogen and oxygen atoms in total. The maximum atomic E-state index is 12.9. The molecule has 1 heterocycles. The number of hydrogen-bond donors (Lipinski definition) is 1. The molecule has 0 saturated carbocycles. The Hall–Kier alpha value is -3.41. The summed E-state index contributed by atoms with van der Waals surface area (Å²) >= 11 is 0. The van der Waals surface area contributed by atoms with Gasteiger partial charge in [-0.3, -0.25) is 14.4 Å². The van der Waals surface area contributed by atoms with Crippen LogP contribution in [-0.2, 0) is 16.1 Å². The fourth-order valence-electron chi connectivity index (χ4n) is 3.67. The zero-order valence-electron chi connectivity index (χ0n) is 17.9. The molecule has 0 aliphatic rings. The Bertz CT molecular complexity index is 1090. The molecule has 0 unspecified atom stereocenters. The largest absolute Gasteiger partial charge is 0.337 e. The minimum atomic E-state index is -0.552. The van der Waals surface area contributed by atoms with Gasteiger partial charge in [-0.25, -0.2) is 0 Å². The zero-order chi connectivity index (χ0) is 21.8. The van der Waals surface area contributed by atoms with Crippen LogP contribution >= 0.6 is 0 Å². The van der Waals surface area contributed by atoms with Gasteiger partial charge >= 0.3 is 0 Å². The molecule has 1 N–H and O–H groups in total. The lowest BCUT2D eigenvalue weighted by Crippen LogP contribution is -2.36. The number of carbonyl (C=O) groups is 3. The number of nitrogens with zero attached hydrogens (tertiary/aromatic N) is 2. The molecule has 0 radical (unpaired) electrons. The molecule has 3 aromatic rings. The average molecular weight is 405 g/mol. The van der Waals surface area contributed by atoms with Crippen LogP contribution in [0.1, 0.15) is 35.3 Å². The fraction of sp³-hybridized carbons (Fsp3) is 0.292. The summed E-state index contributed by atoms with van der Waals surface area (Å²) in [5, 5.41) is 3.64. The number of aromatic nitrogens is 1. The third kappa shape index (κ3) is 4.13. The van der Waals surface area contributed by atoms with Crippen LogP contribution in [0.25, 0.3) is 10.9 Å². The molecule has 0 saturated heterocycles. The van der Waals surface area contributed by atoms with Gasteiger partial charge in [0.1, 0.15) is 6.54 Å². The summed E-state index contributed by atoms with van der Waals surface area (Å²) in [6.45, 7) is 8.56. The highest BCUT2D eigenvalue weighted by Crippen LogP contribution is 2.24. The quantitative estimate of drug-likeness (QED) is 0.478. The molecule has 30 heavy (non-hydrogen) atoms. The Morgan fingerprint density at radius 2 is 1.57 bits per heavy atom. The number of aryl methyl sites for hydroxylation is 2. The van der Waals surface area contributed by atoms with Gasteiger partial charge in [0.05, 0.1) is 5.56 Å². The first-order chi connectivity index (χ1) is 14.4. The third-order valence-corrected chi connectivity index (χ3v) is 5.34. The normalized spacial score (nSPS) is 10.8. The molecule has 0 aliphatic carbocycles. The Morgan fingerprint density at radius 3 is 2.20 bits per heavy atom. The first-order valence-electron chi connectivity index (χ1n) is 10.1. The van der Waals surface area contributed by atoms with E-state index >= 15 is 0 Å². The fourth-order valence-corrected chi connectivity index (χ4v) is 3.67. The van der Waals surface area contributed by atoms with Crippen LogP contribution < -0.4 is 5.32 Å². The van der Waals surface area contributed by atoms with Crippen molar-refractivity contribution < 1.29 is 14.4 Å². The van der Waals surface area contributed by atoms with E-state index in [4.69, 9.17) is 0 Å². The lowest BCUT2D eigenvalue weighted by Gasteiger charge is -2.17. The van der Waals surface area contributed by atoms with Crippen molar-refractivity contribution in [1.29, 1.82) is 0 Å². The molecule has 0 aliphatic heterocycles. The Morgan fingerprint density at radius 1 is 0.933 bits per heavy atom. The predicted octanol–water partition coefficient (Wildman–Crippen LogP) is 3.95. The molecular weight excluding hydrogens is 378 g/mol. The topological polar surface area (TPSA) is 71.4 Å². The molecule has 0 fully saturated rings. The van der Waals surface area contributed by atoms with Crippen molar-refractivity contribution in [3.63, 3.8) is 0 Å². The average Bonchev–Trinajstić information content (AvgIpc) is 3.09. The van der Waals surface area contributed by atoms with E-state index in [-0.39, 0.29) is 12.5 Å². The molecule has 156 valence electrons. The summed E-state index contributed by atoms with van der Waals surface area (Å²) in [5.74, 6) is -1.27. The Kier molecular flexibility index (Phi) is 6.35. The summed E-state index contributed by atoms with van der Waals surface area (Å²) in [4.78, 5) is 39.7.